The van der Waals surface area contributed by atoms with Crippen molar-refractivity contribution in [3.8, 4) is 0 Å². The number of nitrogens with one attached hydrogen (secondary N) is 2. The van der Waals surface area contributed by atoms with E-state index >= 15 is 0 Å². The van der Waals surface area contributed by atoms with Crippen LogP contribution in [0, 0.1) is 0 Å². The van der Waals surface area contributed by atoms with E-state index < -0.39 is 15.7 Å². The van der Waals surface area contributed by atoms with E-state index in [0.29, 0.717) is 13.1 Å². The minimum absolute atomic E-state index is 0.375. The largest absolute Gasteiger partial charge is 0.329 e. The van der Waals surface area contributed by atoms with E-state index in [0.717, 1.165) is 32.1 Å². The molecule has 4 N–H and O–H groups in total. The first kappa shape index (κ1) is 13.9. The number of rotatable bonds is 6. The fraction of sp³-hybridized carbons (Fsp3) is 1.00. The molecule has 0 atom stereocenters. The van der Waals surface area contributed by atoms with Crippen molar-refractivity contribution in [1.82, 2.24) is 9.44 Å². The molecule has 0 bridgehead atoms. The summed E-state index contributed by atoms with van der Waals surface area (Å²) in [6.45, 7) is 2.78. The number of hydrogen-bond acceptors (Lipinski definition) is 3. The third-order valence-corrected chi connectivity index (χ3v) is 4.38. The maximum Gasteiger partial charge on any atom is 0.277 e. The Balaban J connectivity index is 2.61. The second-order valence-electron chi connectivity index (χ2n) is 4.54. The van der Waals surface area contributed by atoms with Gasteiger partial charge in [0.15, 0.2) is 0 Å². The molecule has 0 heterocycles. The lowest BCUT2D eigenvalue weighted by Crippen LogP contribution is -2.57. The molecular weight excluding hydrogens is 226 g/mol. The Hall–Kier alpha value is -0.170. The van der Waals surface area contributed by atoms with Crippen molar-refractivity contribution in [2.24, 2.45) is 5.73 Å². The minimum Gasteiger partial charge on any atom is -0.329 e. The highest BCUT2D eigenvalue weighted by Gasteiger charge is 2.34. The van der Waals surface area contributed by atoms with Crippen LogP contribution in [-0.2, 0) is 10.2 Å². The van der Waals surface area contributed by atoms with Gasteiger partial charge in [0, 0.05) is 18.6 Å². The van der Waals surface area contributed by atoms with Crippen LogP contribution in [0.5, 0.6) is 0 Å². The Labute approximate surface area is 98.4 Å². The maximum atomic E-state index is 11.7. The van der Waals surface area contributed by atoms with Crippen LogP contribution in [0.15, 0.2) is 0 Å². The molecule has 1 aliphatic carbocycles. The Morgan fingerprint density at radius 1 is 1.25 bits per heavy atom. The van der Waals surface area contributed by atoms with Crippen LogP contribution in [-0.4, -0.2) is 27.0 Å². The van der Waals surface area contributed by atoms with Crippen molar-refractivity contribution >= 4 is 10.2 Å². The van der Waals surface area contributed by atoms with Gasteiger partial charge in [-0.3, -0.25) is 0 Å². The highest BCUT2D eigenvalue weighted by Crippen LogP contribution is 2.27. The Kier molecular flexibility index (Phi) is 5.17. The van der Waals surface area contributed by atoms with E-state index in [-0.39, 0.29) is 0 Å². The van der Waals surface area contributed by atoms with Gasteiger partial charge in [0.25, 0.3) is 10.2 Å². The van der Waals surface area contributed by atoms with Crippen molar-refractivity contribution < 1.29 is 8.42 Å². The summed E-state index contributed by atoms with van der Waals surface area (Å²) in [5.41, 5.74) is 5.30. The molecule has 5 nitrogen and oxygen atoms in total. The first-order valence-electron chi connectivity index (χ1n) is 6.02. The second-order valence-corrected chi connectivity index (χ2v) is 6.04. The third-order valence-electron chi connectivity index (χ3n) is 3.09. The summed E-state index contributed by atoms with van der Waals surface area (Å²) in [6, 6.07) is 0. The Morgan fingerprint density at radius 2 is 1.88 bits per heavy atom. The van der Waals surface area contributed by atoms with Gasteiger partial charge in [0.05, 0.1) is 0 Å². The molecule has 0 spiro atoms. The molecule has 6 heteroatoms. The molecule has 0 saturated heterocycles. The fourth-order valence-corrected chi connectivity index (χ4v) is 3.54. The predicted molar refractivity (Wildman–Crippen MR) is 65.2 cm³/mol. The van der Waals surface area contributed by atoms with E-state index in [1.54, 1.807) is 0 Å². The van der Waals surface area contributed by atoms with Crippen LogP contribution >= 0.6 is 0 Å². The van der Waals surface area contributed by atoms with Crippen LogP contribution < -0.4 is 15.2 Å². The van der Waals surface area contributed by atoms with E-state index in [1.807, 2.05) is 6.92 Å². The molecular formula is C10H23N3O2S. The lowest BCUT2D eigenvalue weighted by molar-refractivity contribution is 0.275. The highest BCUT2D eigenvalue weighted by molar-refractivity contribution is 7.87. The topological polar surface area (TPSA) is 84.2 Å². The number of nitrogens with two attached hydrogens (primary N) is 1. The van der Waals surface area contributed by atoms with Gasteiger partial charge in [-0.25, -0.2) is 4.72 Å². The van der Waals surface area contributed by atoms with Crippen molar-refractivity contribution in [1.29, 1.82) is 0 Å². The van der Waals surface area contributed by atoms with Gasteiger partial charge in [-0.1, -0.05) is 26.2 Å². The van der Waals surface area contributed by atoms with Gasteiger partial charge in [0.2, 0.25) is 0 Å². The van der Waals surface area contributed by atoms with E-state index in [2.05, 4.69) is 9.44 Å². The fourth-order valence-electron chi connectivity index (χ4n) is 2.13. The zero-order valence-corrected chi connectivity index (χ0v) is 10.8. The average molecular weight is 249 g/mol. The summed E-state index contributed by atoms with van der Waals surface area (Å²) in [5.74, 6) is 0. The maximum absolute atomic E-state index is 11.7. The van der Waals surface area contributed by atoms with Gasteiger partial charge in [-0.05, 0) is 19.3 Å². The molecule has 0 amide bonds. The molecule has 0 unspecified atom stereocenters. The smallest absolute Gasteiger partial charge is 0.277 e. The second kappa shape index (κ2) is 5.95. The van der Waals surface area contributed by atoms with Crippen LogP contribution in [0.1, 0.15) is 45.4 Å². The van der Waals surface area contributed by atoms with Crippen molar-refractivity contribution in [3.05, 3.63) is 0 Å². The molecule has 0 aromatic carbocycles. The van der Waals surface area contributed by atoms with Gasteiger partial charge >= 0.3 is 0 Å². The molecule has 1 fully saturated rings. The van der Waals surface area contributed by atoms with Crippen molar-refractivity contribution in [2.45, 2.75) is 51.0 Å². The van der Waals surface area contributed by atoms with Crippen LogP contribution in [0.3, 0.4) is 0 Å². The SMILES string of the molecule is CCCNS(=O)(=O)NC1(CN)CCCCC1. The van der Waals surface area contributed by atoms with Gasteiger partial charge in [-0.15, -0.1) is 0 Å². The molecule has 16 heavy (non-hydrogen) atoms. The first-order valence-corrected chi connectivity index (χ1v) is 7.50. The number of hydrogen-bond donors (Lipinski definition) is 3. The van der Waals surface area contributed by atoms with Crippen molar-refractivity contribution in [3.63, 3.8) is 0 Å². The molecule has 0 radical (unpaired) electrons. The summed E-state index contributed by atoms with van der Waals surface area (Å²) in [6.07, 6.45) is 5.75. The van der Waals surface area contributed by atoms with Crippen LogP contribution in [0.4, 0.5) is 0 Å². The van der Waals surface area contributed by atoms with Crippen molar-refractivity contribution in [2.75, 3.05) is 13.1 Å². The minimum atomic E-state index is -3.39. The lowest BCUT2D eigenvalue weighted by Gasteiger charge is -2.36. The summed E-state index contributed by atoms with van der Waals surface area (Å²) in [4.78, 5) is 0. The van der Waals surface area contributed by atoms with Crippen LogP contribution in [0.25, 0.3) is 0 Å². The monoisotopic (exact) mass is 249 g/mol. The van der Waals surface area contributed by atoms with E-state index in [9.17, 15) is 8.42 Å². The van der Waals surface area contributed by atoms with E-state index in [1.165, 1.54) is 6.42 Å². The zero-order valence-electron chi connectivity index (χ0n) is 9.96. The molecule has 0 aliphatic heterocycles. The lowest BCUT2D eigenvalue weighted by atomic mass is 9.83. The predicted octanol–water partition coefficient (Wildman–Crippen LogP) is 0.482. The summed E-state index contributed by atoms with van der Waals surface area (Å²) >= 11 is 0. The Bertz CT molecular complexity index is 297. The standard InChI is InChI=1S/C10H23N3O2S/c1-2-8-12-16(14,15)13-10(9-11)6-4-3-5-7-10/h12-13H,2-9,11H2,1H3. The molecule has 0 aromatic rings. The van der Waals surface area contributed by atoms with Gasteiger partial charge in [0.1, 0.15) is 0 Å². The zero-order chi connectivity index (χ0) is 12.1. The average Bonchev–Trinajstić information content (AvgIpc) is 2.27. The summed E-state index contributed by atoms with van der Waals surface area (Å²) in [5, 5.41) is 0. The quantitative estimate of drug-likeness (QED) is 0.640. The summed E-state index contributed by atoms with van der Waals surface area (Å²) in [7, 11) is -3.39. The summed E-state index contributed by atoms with van der Waals surface area (Å²) < 4.78 is 28.7. The van der Waals surface area contributed by atoms with E-state index in [4.69, 9.17) is 5.73 Å². The molecule has 96 valence electrons. The van der Waals surface area contributed by atoms with Crippen LogP contribution in [0.2, 0.25) is 0 Å². The Morgan fingerprint density at radius 3 is 2.38 bits per heavy atom. The van der Waals surface area contributed by atoms with Gasteiger partial charge in [-0.2, -0.15) is 13.1 Å². The van der Waals surface area contributed by atoms with Gasteiger partial charge < -0.3 is 5.73 Å². The normalized spacial score (nSPS) is 20.9. The molecule has 0 aromatic heterocycles. The molecule has 1 aliphatic rings. The highest BCUT2D eigenvalue weighted by atomic mass is 32.2. The third kappa shape index (κ3) is 4.01. The first-order chi connectivity index (χ1) is 7.54. The molecule has 1 rings (SSSR count). The molecule has 1 saturated carbocycles.